The molecule has 3 N–H and O–H groups in total. The average Bonchev–Trinajstić information content (AvgIpc) is 2.93. The molecule has 23 heavy (non-hydrogen) atoms. The highest BCUT2D eigenvalue weighted by molar-refractivity contribution is 5.95. The molecule has 0 unspecified atom stereocenters. The minimum absolute atomic E-state index is 0.0297. The monoisotopic (exact) mass is 323 g/mol. The van der Waals surface area contributed by atoms with Crippen LogP contribution in [0, 0.1) is 5.92 Å². The van der Waals surface area contributed by atoms with E-state index in [4.69, 9.17) is 0 Å². The summed E-state index contributed by atoms with van der Waals surface area (Å²) in [4.78, 5) is 29.4. The second-order valence-corrected chi connectivity index (χ2v) is 5.89. The van der Waals surface area contributed by atoms with E-state index in [9.17, 15) is 14.7 Å². The summed E-state index contributed by atoms with van der Waals surface area (Å²) in [6.07, 6.45) is 4.62. The van der Waals surface area contributed by atoms with Gasteiger partial charge in [-0.05, 0) is 26.3 Å². The third kappa shape index (κ3) is 4.77. The van der Waals surface area contributed by atoms with Crippen molar-refractivity contribution in [3.05, 3.63) is 18.2 Å². The normalized spacial score (nSPS) is 20.0. The average molecular weight is 323 g/mol. The molecular weight excluding hydrogens is 298 g/mol. The number of imide groups is 1. The molecule has 0 aliphatic carbocycles. The van der Waals surface area contributed by atoms with Crippen molar-refractivity contribution in [2.24, 2.45) is 13.0 Å². The van der Waals surface area contributed by atoms with Gasteiger partial charge in [-0.2, -0.15) is 0 Å². The highest BCUT2D eigenvalue weighted by Gasteiger charge is 2.29. The van der Waals surface area contributed by atoms with Crippen LogP contribution in [-0.4, -0.2) is 57.7 Å². The molecule has 3 amide bonds. The molecule has 1 aliphatic heterocycles. The van der Waals surface area contributed by atoms with Crippen LogP contribution in [0.5, 0.6) is 0 Å². The topological polar surface area (TPSA) is 99.5 Å². The Morgan fingerprint density at radius 2 is 2.30 bits per heavy atom. The summed E-state index contributed by atoms with van der Waals surface area (Å²) in [5.74, 6) is 0.342. The van der Waals surface area contributed by atoms with E-state index in [1.165, 1.54) is 0 Å². The van der Waals surface area contributed by atoms with Gasteiger partial charge in [0.2, 0.25) is 5.91 Å². The van der Waals surface area contributed by atoms with Crippen molar-refractivity contribution < 1.29 is 14.7 Å². The third-order valence-corrected chi connectivity index (χ3v) is 4.07. The number of amides is 3. The molecule has 128 valence electrons. The number of aromatic nitrogens is 2. The summed E-state index contributed by atoms with van der Waals surface area (Å²) < 4.78 is 1.81. The Labute approximate surface area is 135 Å². The van der Waals surface area contributed by atoms with Gasteiger partial charge in [0, 0.05) is 38.4 Å². The largest absolute Gasteiger partial charge is 0.385 e. The molecule has 8 heteroatoms. The van der Waals surface area contributed by atoms with E-state index in [1.807, 2.05) is 16.5 Å². The van der Waals surface area contributed by atoms with Crippen LogP contribution in [0.15, 0.2) is 12.4 Å². The Balaban J connectivity index is 1.87. The maximum atomic E-state index is 11.9. The molecule has 2 atom stereocenters. The molecule has 1 aromatic heterocycles. The minimum atomic E-state index is -0.649. The van der Waals surface area contributed by atoms with Gasteiger partial charge in [0.25, 0.3) is 0 Å². The molecular formula is C15H25N5O3. The fraction of sp³-hybridized carbons (Fsp3) is 0.667. The van der Waals surface area contributed by atoms with Gasteiger partial charge in [0.05, 0.1) is 6.54 Å². The summed E-state index contributed by atoms with van der Waals surface area (Å²) >= 11 is 0. The molecule has 1 saturated heterocycles. The number of likely N-dealkylation sites (tertiary alicyclic amines) is 1. The van der Waals surface area contributed by atoms with Crippen molar-refractivity contribution in [3.8, 4) is 0 Å². The Bertz CT molecular complexity index is 545. The molecule has 1 aliphatic rings. The molecule has 0 radical (unpaired) electrons. The maximum Gasteiger partial charge on any atom is 0.321 e. The van der Waals surface area contributed by atoms with Gasteiger partial charge < -0.3 is 15.0 Å². The fourth-order valence-corrected chi connectivity index (χ4v) is 2.94. The number of imidazole rings is 1. The summed E-state index contributed by atoms with van der Waals surface area (Å²) in [5.41, 5.74) is 0. The van der Waals surface area contributed by atoms with Crippen molar-refractivity contribution in [1.29, 1.82) is 0 Å². The van der Waals surface area contributed by atoms with Gasteiger partial charge in [-0.15, -0.1) is 0 Å². The Morgan fingerprint density at radius 3 is 2.96 bits per heavy atom. The number of nitrogens with one attached hydrogen (secondary N) is 2. The van der Waals surface area contributed by atoms with Gasteiger partial charge in [-0.3, -0.25) is 15.0 Å². The zero-order valence-electron chi connectivity index (χ0n) is 13.7. The zero-order valence-corrected chi connectivity index (χ0v) is 13.7. The van der Waals surface area contributed by atoms with E-state index in [0.717, 1.165) is 19.4 Å². The number of carbonyl (C=O) groups is 2. The van der Waals surface area contributed by atoms with Crippen molar-refractivity contribution in [2.75, 3.05) is 26.2 Å². The summed E-state index contributed by atoms with van der Waals surface area (Å²) in [7, 11) is 1.85. The predicted octanol–water partition coefficient (Wildman–Crippen LogP) is 0.0112. The molecule has 0 spiro atoms. The van der Waals surface area contributed by atoms with Crippen LogP contribution >= 0.6 is 0 Å². The van der Waals surface area contributed by atoms with E-state index in [-0.39, 0.29) is 18.4 Å². The van der Waals surface area contributed by atoms with Crippen LogP contribution in [0.2, 0.25) is 0 Å². The molecule has 8 nitrogen and oxygen atoms in total. The quantitative estimate of drug-likeness (QED) is 0.709. The number of piperidine rings is 1. The Morgan fingerprint density at radius 1 is 1.52 bits per heavy atom. The van der Waals surface area contributed by atoms with Crippen LogP contribution in [0.4, 0.5) is 4.79 Å². The maximum absolute atomic E-state index is 11.9. The second-order valence-electron chi connectivity index (χ2n) is 5.89. The number of urea groups is 1. The van der Waals surface area contributed by atoms with E-state index >= 15 is 0 Å². The van der Waals surface area contributed by atoms with E-state index in [2.05, 4.69) is 15.6 Å². The molecule has 1 aromatic rings. The smallest absolute Gasteiger partial charge is 0.321 e. The van der Waals surface area contributed by atoms with Crippen molar-refractivity contribution in [1.82, 2.24) is 25.1 Å². The lowest BCUT2D eigenvalue weighted by atomic mass is 9.92. The second kappa shape index (κ2) is 8.07. The van der Waals surface area contributed by atoms with Crippen LogP contribution in [0.1, 0.15) is 31.7 Å². The van der Waals surface area contributed by atoms with Gasteiger partial charge in [-0.1, -0.05) is 0 Å². The van der Waals surface area contributed by atoms with E-state index < -0.39 is 12.1 Å². The lowest BCUT2D eigenvalue weighted by Crippen LogP contribution is -2.47. The summed E-state index contributed by atoms with van der Waals surface area (Å²) in [6, 6.07) is -0.473. The fourth-order valence-electron chi connectivity index (χ4n) is 2.94. The predicted molar refractivity (Wildman–Crippen MR) is 84.5 cm³/mol. The minimum Gasteiger partial charge on any atom is -0.385 e. The number of nitrogens with zero attached hydrogens (tertiary/aromatic N) is 3. The third-order valence-electron chi connectivity index (χ3n) is 4.07. The number of hydrogen-bond donors (Lipinski definition) is 3. The Hall–Kier alpha value is -1.93. The highest BCUT2D eigenvalue weighted by atomic mass is 16.3. The SMILES string of the molecule is CCNC(=O)NC(=O)CN1CCC[C@@H]([C@@H](O)c2nccn2C)C1. The van der Waals surface area contributed by atoms with Crippen molar-refractivity contribution in [3.63, 3.8) is 0 Å². The van der Waals surface area contributed by atoms with Crippen molar-refractivity contribution >= 4 is 11.9 Å². The molecule has 0 saturated carbocycles. The highest BCUT2D eigenvalue weighted by Crippen LogP contribution is 2.28. The number of aryl methyl sites for hydroxylation is 1. The van der Waals surface area contributed by atoms with Crippen LogP contribution in [0.25, 0.3) is 0 Å². The van der Waals surface area contributed by atoms with E-state index in [1.54, 1.807) is 19.3 Å². The van der Waals surface area contributed by atoms with Crippen LogP contribution in [0.3, 0.4) is 0 Å². The number of aliphatic hydroxyl groups is 1. The van der Waals surface area contributed by atoms with Gasteiger partial charge >= 0.3 is 6.03 Å². The molecule has 0 bridgehead atoms. The molecule has 2 rings (SSSR count). The van der Waals surface area contributed by atoms with E-state index in [0.29, 0.717) is 18.9 Å². The number of rotatable bonds is 5. The molecule has 0 aromatic carbocycles. The first-order valence-corrected chi connectivity index (χ1v) is 7.96. The van der Waals surface area contributed by atoms with Gasteiger partial charge in [0.15, 0.2) is 0 Å². The summed E-state index contributed by atoms with van der Waals surface area (Å²) in [6.45, 7) is 3.81. The van der Waals surface area contributed by atoms with Crippen LogP contribution in [-0.2, 0) is 11.8 Å². The van der Waals surface area contributed by atoms with Crippen LogP contribution < -0.4 is 10.6 Å². The lowest BCUT2D eigenvalue weighted by Gasteiger charge is -2.34. The number of hydrogen-bond acceptors (Lipinski definition) is 5. The lowest BCUT2D eigenvalue weighted by molar-refractivity contribution is -0.121. The molecule has 2 heterocycles. The summed E-state index contributed by atoms with van der Waals surface area (Å²) in [5, 5.41) is 15.3. The first-order chi connectivity index (χ1) is 11.0. The van der Waals surface area contributed by atoms with Gasteiger partial charge in [-0.25, -0.2) is 9.78 Å². The molecule has 1 fully saturated rings. The Kier molecular flexibility index (Phi) is 6.12. The van der Waals surface area contributed by atoms with Crippen molar-refractivity contribution in [2.45, 2.75) is 25.9 Å². The standard InChI is InChI=1S/C15H25N5O3/c1-3-16-15(23)18-12(21)10-20-7-4-5-11(9-20)13(22)14-17-6-8-19(14)2/h6,8,11,13,22H,3-5,7,9-10H2,1-2H3,(H2,16,18,21,23)/t11-,13-/m1/s1. The number of carbonyl (C=O) groups excluding carboxylic acids is 2. The van der Waals surface area contributed by atoms with Gasteiger partial charge in [0.1, 0.15) is 11.9 Å². The first kappa shape index (κ1) is 17.4. The zero-order chi connectivity index (χ0) is 16.8. The first-order valence-electron chi connectivity index (χ1n) is 7.96. The number of aliphatic hydroxyl groups excluding tert-OH is 1.